The lowest BCUT2D eigenvalue weighted by Crippen LogP contribution is -2.50. The van der Waals surface area contributed by atoms with E-state index in [0.717, 1.165) is 39.1 Å². The topological polar surface area (TPSA) is 44.5 Å². The predicted octanol–water partition coefficient (Wildman–Crippen LogP) is 2.75. The van der Waals surface area contributed by atoms with Gasteiger partial charge in [0.15, 0.2) is 0 Å². The Balaban J connectivity index is 1.83. The van der Waals surface area contributed by atoms with Crippen LogP contribution >= 0.6 is 0 Å². The number of aryl methyl sites for hydroxylation is 1. The molecule has 2 saturated heterocycles. The van der Waals surface area contributed by atoms with Gasteiger partial charge < -0.3 is 15.2 Å². The van der Waals surface area contributed by atoms with E-state index >= 15 is 0 Å². The Kier molecular flexibility index (Phi) is 3.61. The van der Waals surface area contributed by atoms with Crippen molar-refractivity contribution in [2.75, 3.05) is 19.8 Å². The van der Waals surface area contributed by atoms with Crippen molar-refractivity contribution in [2.45, 2.75) is 44.2 Å². The van der Waals surface area contributed by atoms with Crippen molar-refractivity contribution in [1.29, 1.82) is 0 Å². The number of rotatable bonds is 2. The molecule has 2 aliphatic heterocycles. The zero-order valence-corrected chi connectivity index (χ0v) is 12.5. The van der Waals surface area contributed by atoms with E-state index in [4.69, 9.17) is 15.2 Å². The third-order valence-corrected chi connectivity index (χ3v) is 5.05. The van der Waals surface area contributed by atoms with E-state index in [2.05, 4.69) is 38.1 Å². The van der Waals surface area contributed by atoms with Crippen molar-refractivity contribution in [3.8, 4) is 0 Å². The highest BCUT2D eigenvalue weighted by Gasteiger charge is 2.45. The van der Waals surface area contributed by atoms with Crippen LogP contribution in [0, 0.1) is 12.8 Å². The first kappa shape index (κ1) is 14.1. The zero-order valence-electron chi connectivity index (χ0n) is 12.5. The SMILES string of the molecule is Cc1cccc(C(C)(N)C2CCOC3(CCOC3)C2)c1. The minimum absolute atomic E-state index is 0.0760. The Morgan fingerprint density at radius 1 is 1.35 bits per heavy atom. The molecule has 2 N–H and O–H groups in total. The summed E-state index contributed by atoms with van der Waals surface area (Å²) >= 11 is 0. The molecular formula is C17H25NO2. The van der Waals surface area contributed by atoms with Gasteiger partial charge in [-0.25, -0.2) is 0 Å². The average molecular weight is 275 g/mol. The molecule has 3 unspecified atom stereocenters. The third kappa shape index (κ3) is 2.50. The second kappa shape index (κ2) is 5.14. The average Bonchev–Trinajstić information content (AvgIpc) is 2.87. The summed E-state index contributed by atoms with van der Waals surface area (Å²) in [5.41, 5.74) is 8.86. The largest absolute Gasteiger partial charge is 0.378 e. The lowest BCUT2D eigenvalue weighted by molar-refractivity contribution is -0.109. The highest BCUT2D eigenvalue weighted by Crippen LogP contribution is 2.42. The number of benzene rings is 1. The minimum Gasteiger partial charge on any atom is -0.378 e. The molecule has 2 fully saturated rings. The molecule has 0 aromatic heterocycles. The van der Waals surface area contributed by atoms with Gasteiger partial charge in [0, 0.05) is 25.2 Å². The second-order valence-electron chi connectivity index (χ2n) is 6.68. The molecule has 3 rings (SSSR count). The number of nitrogens with two attached hydrogens (primary N) is 1. The summed E-state index contributed by atoms with van der Waals surface area (Å²) in [6, 6.07) is 8.59. The van der Waals surface area contributed by atoms with E-state index in [1.54, 1.807) is 0 Å². The lowest BCUT2D eigenvalue weighted by Gasteiger charge is -2.44. The predicted molar refractivity (Wildman–Crippen MR) is 79.6 cm³/mol. The van der Waals surface area contributed by atoms with Gasteiger partial charge in [0.25, 0.3) is 0 Å². The first-order valence-electron chi connectivity index (χ1n) is 7.60. The molecule has 1 aromatic carbocycles. The molecule has 3 atom stereocenters. The van der Waals surface area contributed by atoms with Crippen molar-refractivity contribution in [3.63, 3.8) is 0 Å². The van der Waals surface area contributed by atoms with Gasteiger partial charge >= 0.3 is 0 Å². The molecule has 2 heterocycles. The maximum Gasteiger partial charge on any atom is 0.0940 e. The quantitative estimate of drug-likeness (QED) is 0.902. The van der Waals surface area contributed by atoms with Crippen LogP contribution in [0.5, 0.6) is 0 Å². The Morgan fingerprint density at radius 2 is 2.20 bits per heavy atom. The van der Waals surface area contributed by atoms with Crippen LogP contribution in [0.4, 0.5) is 0 Å². The Labute approximate surface area is 121 Å². The molecule has 20 heavy (non-hydrogen) atoms. The van der Waals surface area contributed by atoms with Crippen LogP contribution in [-0.4, -0.2) is 25.4 Å². The third-order valence-electron chi connectivity index (χ3n) is 5.05. The van der Waals surface area contributed by atoms with Crippen LogP contribution in [0.25, 0.3) is 0 Å². The summed E-state index contributed by atoms with van der Waals surface area (Å²) in [5, 5.41) is 0. The molecule has 3 heteroatoms. The van der Waals surface area contributed by atoms with Crippen LogP contribution < -0.4 is 5.73 Å². The molecule has 2 aliphatic rings. The smallest absolute Gasteiger partial charge is 0.0940 e. The highest BCUT2D eigenvalue weighted by molar-refractivity contribution is 5.29. The van der Waals surface area contributed by atoms with Crippen molar-refractivity contribution in [3.05, 3.63) is 35.4 Å². The normalized spacial score (nSPS) is 33.2. The first-order valence-corrected chi connectivity index (χ1v) is 7.60. The van der Waals surface area contributed by atoms with Crippen molar-refractivity contribution >= 4 is 0 Å². The second-order valence-corrected chi connectivity index (χ2v) is 6.68. The van der Waals surface area contributed by atoms with Gasteiger partial charge in [-0.05, 0) is 38.2 Å². The van der Waals surface area contributed by atoms with E-state index in [0.29, 0.717) is 5.92 Å². The van der Waals surface area contributed by atoms with E-state index < -0.39 is 0 Å². The van der Waals surface area contributed by atoms with Crippen LogP contribution in [0.1, 0.15) is 37.3 Å². The minimum atomic E-state index is -0.300. The Bertz CT molecular complexity index is 478. The maximum absolute atomic E-state index is 6.74. The van der Waals surface area contributed by atoms with Gasteiger partial charge in [-0.3, -0.25) is 0 Å². The zero-order chi connectivity index (χ0) is 14.2. The molecule has 0 bridgehead atoms. The summed E-state index contributed by atoms with van der Waals surface area (Å²) in [4.78, 5) is 0. The van der Waals surface area contributed by atoms with Crippen molar-refractivity contribution in [2.24, 2.45) is 11.7 Å². The molecule has 1 aromatic rings. The van der Waals surface area contributed by atoms with Gasteiger partial charge in [0.05, 0.1) is 12.2 Å². The molecule has 0 saturated carbocycles. The summed E-state index contributed by atoms with van der Waals surface area (Å²) in [6.45, 7) is 6.63. The summed E-state index contributed by atoms with van der Waals surface area (Å²) < 4.78 is 11.6. The fraction of sp³-hybridized carbons (Fsp3) is 0.647. The number of ether oxygens (including phenoxy) is 2. The van der Waals surface area contributed by atoms with E-state index in [1.807, 2.05) is 0 Å². The Morgan fingerprint density at radius 3 is 2.90 bits per heavy atom. The highest BCUT2D eigenvalue weighted by atomic mass is 16.6. The van der Waals surface area contributed by atoms with Gasteiger partial charge in [-0.15, -0.1) is 0 Å². The molecular weight excluding hydrogens is 250 g/mol. The fourth-order valence-corrected chi connectivity index (χ4v) is 3.62. The van der Waals surface area contributed by atoms with E-state index in [-0.39, 0.29) is 11.1 Å². The van der Waals surface area contributed by atoms with Crippen LogP contribution in [-0.2, 0) is 15.0 Å². The molecule has 0 radical (unpaired) electrons. The summed E-state index contributed by atoms with van der Waals surface area (Å²) in [5.74, 6) is 0.444. The monoisotopic (exact) mass is 275 g/mol. The van der Waals surface area contributed by atoms with Crippen LogP contribution in [0.3, 0.4) is 0 Å². The van der Waals surface area contributed by atoms with Gasteiger partial charge in [0.1, 0.15) is 0 Å². The lowest BCUT2D eigenvalue weighted by atomic mass is 9.71. The van der Waals surface area contributed by atoms with E-state index in [1.165, 1.54) is 11.1 Å². The molecule has 3 nitrogen and oxygen atoms in total. The molecule has 1 spiro atoms. The fourth-order valence-electron chi connectivity index (χ4n) is 3.62. The van der Waals surface area contributed by atoms with Gasteiger partial charge in [-0.2, -0.15) is 0 Å². The van der Waals surface area contributed by atoms with Gasteiger partial charge in [-0.1, -0.05) is 29.8 Å². The van der Waals surface area contributed by atoms with Crippen molar-refractivity contribution < 1.29 is 9.47 Å². The molecule has 110 valence electrons. The maximum atomic E-state index is 6.74. The summed E-state index contributed by atoms with van der Waals surface area (Å²) in [6.07, 6.45) is 3.05. The molecule has 0 aliphatic carbocycles. The van der Waals surface area contributed by atoms with Crippen LogP contribution in [0.15, 0.2) is 24.3 Å². The molecule has 0 amide bonds. The number of hydrogen-bond donors (Lipinski definition) is 1. The first-order chi connectivity index (χ1) is 9.52. The number of hydrogen-bond acceptors (Lipinski definition) is 3. The van der Waals surface area contributed by atoms with E-state index in [9.17, 15) is 0 Å². The summed E-state index contributed by atoms with van der Waals surface area (Å²) in [7, 11) is 0. The Hall–Kier alpha value is -0.900. The van der Waals surface area contributed by atoms with Crippen LogP contribution in [0.2, 0.25) is 0 Å². The standard InChI is InChI=1S/C17H25NO2/c1-13-4-3-5-14(10-13)16(2,18)15-6-8-20-17(11-15)7-9-19-12-17/h3-5,10,15H,6-9,11-12,18H2,1-2H3. The van der Waals surface area contributed by atoms with Gasteiger partial charge in [0.2, 0.25) is 0 Å². The van der Waals surface area contributed by atoms with Crippen molar-refractivity contribution in [1.82, 2.24) is 0 Å².